The van der Waals surface area contributed by atoms with Crippen LogP contribution in [0, 0.1) is 12.3 Å². The first-order valence-corrected chi connectivity index (χ1v) is 4.49. The first-order valence-electron chi connectivity index (χ1n) is 4.49. The minimum Gasteiger partial charge on any atom is -0.382 e. The van der Waals surface area contributed by atoms with E-state index in [4.69, 9.17) is 11.1 Å². The van der Waals surface area contributed by atoms with Crippen molar-refractivity contribution >= 4 is 5.84 Å². The second kappa shape index (κ2) is 3.53. The number of nitrogens with zero attached hydrogens (tertiary/aromatic N) is 3. The molecule has 76 valence electrons. The summed E-state index contributed by atoms with van der Waals surface area (Å²) < 4.78 is 1.91. The third kappa shape index (κ3) is 1.71. The second-order valence-electron chi connectivity index (χ2n) is 3.16. The van der Waals surface area contributed by atoms with E-state index in [1.165, 1.54) is 0 Å². The molecule has 2 rings (SSSR count). The first kappa shape index (κ1) is 9.39. The maximum atomic E-state index is 7.30. The largest absolute Gasteiger partial charge is 0.382 e. The number of hydrogen-bond acceptors (Lipinski definition) is 3. The summed E-state index contributed by atoms with van der Waals surface area (Å²) in [5.74, 6) is 0.852. The van der Waals surface area contributed by atoms with Gasteiger partial charge in [-0.15, -0.1) is 0 Å². The Hall–Kier alpha value is -2.17. The van der Waals surface area contributed by atoms with Crippen LogP contribution in [0.5, 0.6) is 0 Å². The topological polar surface area (TPSA) is 80.6 Å². The van der Waals surface area contributed by atoms with Crippen molar-refractivity contribution < 1.29 is 0 Å². The summed E-state index contributed by atoms with van der Waals surface area (Å²) in [6.07, 6.45) is 5.21. The Bertz CT molecular complexity index is 500. The van der Waals surface area contributed by atoms with Crippen molar-refractivity contribution in [1.29, 1.82) is 5.41 Å². The predicted molar refractivity (Wildman–Crippen MR) is 57.1 cm³/mol. The molecule has 2 heterocycles. The van der Waals surface area contributed by atoms with Crippen molar-refractivity contribution in [2.45, 2.75) is 6.92 Å². The molecule has 5 nitrogen and oxygen atoms in total. The van der Waals surface area contributed by atoms with Crippen molar-refractivity contribution in [3.8, 4) is 5.69 Å². The molecule has 0 aliphatic carbocycles. The van der Waals surface area contributed by atoms with Crippen LogP contribution in [-0.2, 0) is 0 Å². The Balaban J connectivity index is 2.50. The maximum Gasteiger partial charge on any atom is 0.141 e. The average Bonchev–Trinajstić information content (AvgIpc) is 2.64. The van der Waals surface area contributed by atoms with Gasteiger partial charge in [0.15, 0.2) is 0 Å². The first-order chi connectivity index (χ1) is 7.18. The lowest BCUT2D eigenvalue weighted by molar-refractivity contribution is 0.968. The highest BCUT2D eigenvalue weighted by Crippen LogP contribution is 2.10. The van der Waals surface area contributed by atoms with E-state index >= 15 is 0 Å². The van der Waals surface area contributed by atoms with Crippen molar-refractivity contribution in [2.24, 2.45) is 5.73 Å². The summed E-state index contributed by atoms with van der Waals surface area (Å²) in [6, 6.07) is 3.61. The number of rotatable bonds is 2. The van der Waals surface area contributed by atoms with Crippen LogP contribution >= 0.6 is 0 Å². The molecule has 0 unspecified atom stereocenters. The van der Waals surface area contributed by atoms with Gasteiger partial charge in [-0.2, -0.15) is 0 Å². The lowest BCUT2D eigenvalue weighted by atomic mass is 10.3. The number of nitrogen functional groups attached to an aromatic ring is 1. The Morgan fingerprint density at radius 3 is 2.80 bits per heavy atom. The van der Waals surface area contributed by atoms with Crippen LogP contribution in [0.4, 0.5) is 0 Å². The molecule has 15 heavy (non-hydrogen) atoms. The van der Waals surface area contributed by atoms with Gasteiger partial charge in [0.2, 0.25) is 0 Å². The van der Waals surface area contributed by atoms with Crippen LogP contribution in [0.1, 0.15) is 11.5 Å². The number of nitrogens with two attached hydrogens (primary N) is 1. The van der Waals surface area contributed by atoms with Gasteiger partial charge < -0.3 is 10.3 Å². The smallest absolute Gasteiger partial charge is 0.141 e. The van der Waals surface area contributed by atoms with Crippen LogP contribution in [0.2, 0.25) is 0 Å². The SMILES string of the molecule is Cc1nccn1-c1ccnc(C(=N)N)c1. The lowest BCUT2D eigenvalue weighted by Gasteiger charge is -2.05. The van der Waals surface area contributed by atoms with E-state index in [0.717, 1.165) is 11.5 Å². The van der Waals surface area contributed by atoms with Gasteiger partial charge in [-0.3, -0.25) is 10.4 Å². The normalized spacial score (nSPS) is 10.2. The van der Waals surface area contributed by atoms with Gasteiger partial charge >= 0.3 is 0 Å². The quantitative estimate of drug-likeness (QED) is 0.558. The molecule has 0 radical (unpaired) electrons. The monoisotopic (exact) mass is 201 g/mol. The van der Waals surface area contributed by atoms with Gasteiger partial charge in [0, 0.05) is 18.6 Å². The van der Waals surface area contributed by atoms with Crippen LogP contribution < -0.4 is 5.73 Å². The molecule has 5 heteroatoms. The van der Waals surface area contributed by atoms with Crippen LogP contribution in [0.15, 0.2) is 30.7 Å². The predicted octanol–water partition coefficient (Wildman–Crippen LogP) is 0.860. The number of aryl methyl sites for hydroxylation is 1. The van der Waals surface area contributed by atoms with Crippen LogP contribution in [-0.4, -0.2) is 20.4 Å². The van der Waals surface area contributed by atoms with E-state index in [9.17, 15) is 0 Å². The molecule has 3 N–H and O–H groups in total. The summed E-state index contributed by atoms with van der Waals surface area (Å²) in [5.41, 5.74) is 6.75. The molecule has 0 saturated carbocycles. The molecule has 0 spiro atoms. The lowest BCUT2D eigenvalue weighted by Crippen LogP contribution is -2.13. The number of hydrogen-bond donors (Lipinski definition) is 2. The third-order valence-corrected chi connectivity index (χ3v) is 2.12. The molecule has 2 aromatic rings. The third-order valence-electron chi connectivity index (χ3n) is 2.12. The fourth-order valence-corrected chi connectivity index (χ4v) is 1.37. The van der Waals surface area contributed by atoms with E-state index in [2.05, 4.69) is 9.97 Å². The van der Waals surface area contributed by atoms with Gasteiger partial charge in [-0.1, -0.05) is 0 Å². The fraction of sp³-hybridized carbons (Fsp3) is 0.100. The molecule has 0 atom stereocenters. The molecular weight excluding hydrogens is 190 g/mol. The fourth-order valence-electron chi connectivity index (χ4n) is 1.37. The summed E-state index contributed by atoms with van der Waals surface area (Å²) in [5, 5.41) is 7.30. The van der Waals surface area contributed by atoms with Crippen molar-refractivity contribution in [2.75, 3.05) is 0 Å². The van der Waals surface area contributed by atoms with Crippen LogP contribution in [0.25, 0.3) is 5.69 Å². The van der Waals surface area contributed by atoms with Gasteiger partial charge in [-0.05, 0) is 19.1 Å². The number of nitrogens with one attached hydrogen (secondary N) is 1. The number of amidine groups is 1. The Morgan fingerprint density at radius 1 is 1.40 bits per heavy atom. The van der Waals surface area contributed by atoms with Gasteiger partial charge in [-0.25, -0.2) is 4.98 Å². The molecule has 2 aromatic heterocycles. The van der Waals surface area contributed by atoms with Gasteiger partial charge in [0.25, 0.3) is 0 Å². The highest BCUT2D eigenvalue weighted by atomic mass is 15.1. The molecule has 0 saturated heterocycles. The zero-order valence-electron chi connectivity index (χ0n) is 8.31. The minimum atomic E-state index is -0.0328. The summed E-state index contributed by atoms with van der Waals surface area (Å²) in [6.45, 7) is 1.91. The maximum absolute atomic E-state index is 7.30. The Morgan fingerprint density at radius 2 is 2.20 bits per heavy atom. The average molecular weight is 201 g/mol. The molecule has 0 aromatic carbocycles. The molecule has 0 aliphatic heterocycles. The highest BCUT2D eigenvalue weighted by Gasteiger charge is 2.03. The zero-order valence-corrected chi connectivity index (χ0v) is 8.31. The van der Waals surface area contributed by atoms with E-state index in [1.54, 1.807) is 18.5 Å². The number of imidazole rings is 1. The van der Waals surface area contributed by atoms with E-state index in [1.807, 2.05) is 23.8 Å². The molecule has 0 aliphatic rings. The standard InChI is InChI=1S/C10H11N5/c1-7-13-4-5-15(7)8-2-3-14-9(6-8)10(11)12/h2-6H,1H3,(H3,11,12). The molecule has 0 bridgehead atoms. The highest BCUT2D eigenvalue weighted by molar-refractivity contribution is 5.93. The zero-order chi connectivity index (χ0) is 10.8. The van der Waals surface area contributed by atoms with Crippen molar-refractivity contribution in [3.63, 3.8) is 0 Å². The van der Waals surface area contributed by atoms with Crippen LogP contribution in [0.3, 0.4) is 0 Å². The summed E-state index contributed by atoms with van der Waals surface area (Å²) in [4.78, 5) is 8.12. The number of pyridine rings is 1. The van der Waals surface area contributed by atoms with E-state index < -0.39 is 0 Å². The van der Waals surface area contributed by atoms with Crippen molar-refractivity contribution in [3.05, 3.63) is 42.2 Å². The van der Waals surface area contributed by atoms with E-state index in [-0.39, 0.29) is 5.84 Å². The van der Waals surface area contributed by atoms with Gasteiger partial charge in [0.1, 0.15) is 17.4 Å². The Kier molecular flexibility index (Phi) is 2.21. The van der Waals surface area contributed by atoms with Crippen molar-refractivity contribution in [1.82, 2.24) is 14.5 Å². The minimum absolute atomic E-state index is 0.0328. The van der Waals surface area contributed by atoms with E-state index in [0.29, 0.717) is 5.69 Å². The molecule has 0 amide bonds. The number of aromatic nitrogens is 3. The Labute approximate surface area is 87.1 Å². The van der Waals surface area contributed by atoms with Gasteiger partial charge in [0.05, 0.1) is 5.69 Å². The second-order valence-corrected chi connectivity index (χ2v) is 3.16. The molecule has 0 fully saturated rings. The molecular formula is C10H11N5. The summed E-state index contributed by atoms with van der Waals surface area (Å²) in [7, 11) is 0. The summed E-state index contributed by atoms with van der Waals surface area (Å²) >= 11 is 0.